The van der Waals surface area contributed by atoms with E-state index in [4.69, 9.17) is 11.6 Å². The van der Waals surface area contributed by atoms with Crippen molar-refractivity contribution < 1.29 is 17.9 Å². The first-order chi connectivity index (χ1) is 7.33. The van der Waals surface area contributed by atoms with Crippen molar-refractivity contribution in [1.29, 1.82) is 0 Å². The van der Waals surface area contributed by atoms with E-state index in [-0.39, 0.29) is 25.1 Å². The second-order valence-corrected chi connectivity index (χ2v) is 5.29. The average Bonchev–Trinajstić information content (AvgIpc) is 2.11. The smallest absolute Gasteiger partial charge is 0.422 e. The molecule has 0 fully saturated rings. The third-order valence-electron chi connectivity index (χ3n) is 1.58. The summed E-state index contributed by atoms with van der Waals surface area (Å²) in [5.41, 5.74) is 0. The van der Waals surface area contributed by atoms with Crippen LogP contribution in [0.15, 0.2) is 0 Å². The van der Waals surface area contributed by atoms with Crippen LogP contribution < -0.4 is 4.72 Å². The van der Waals surface area contributed by atoms with Gasteiger partial charge in [-0.15, -0.1) is 11.6 Å². The van der Waals surface area contributed by atoms with Gasteiger partial charge in [-0.1, -0.05) is 6.92 Å². The predicted octanol–water partition coefficient (Wildman–Crippen LogP) is 0.926. The first kappa shape index (κ1) is 15.5. The van der Waals surface area contributed by atoms with Gasteiger partial charge in [0.05, 0.1) is 6.10 Å². The Kier molecular flexibility index (Phi) is 6.70. The summed E-state index contributed by atoms with van der Waals surface area (Å²) in [5, 5.41) is 0. The van der Waals surface area contributed by atoms with E-state index in [2.05, 4.69) is 4.74 Å². The number of nitrogens with one attached hydrogen (secondary N) is 1. The zero-order valence-corrected chi connectivity index (χ0v) is 11.1. The van der Waals surface area contributed by atoms with Crippen molar-refractivity contribution in [3.63, 3.8) is 0 Å². The van der Waals surface area contributed by atoms with Gasteiger partial charge in [-0.25, -0.2) is 9.52 Å². The van der Waals surface area contributed by atoms with Crippen molar-refractivity contribution in [2.24, 2.45) is 0 Å². The first-order valence-electron chi connectivity index (χ1n) is 4.88. The quantitative estimate of drug-likeness (QED) is 0.730. The summed E-state index contributed by atoms with van der Waals surface area (Å²) in [6.07, 6.45) is -1.36. The molecule has 0 radical (unpaired) electrons. The Morgan fingerprint density at radius 2 is 2.06 bits per heavy atom. The molecule has 16 heavy (non-hydrogen) atoms. The van der Waals surface area contributed by atoms with Crippen molar-refractivity contribution >= 4 is 27.9 Å². The standard InChI is InChI=1S/C8H17ClN2O4S/c1-4-11(6-5-9)16(13,14)10-8(12)15-7(2)3/h7H,4-6H2,1-3H3,(H,10,12). The molecule has 0 saturated carbocycles. The van der Waals surface area contributed by atoms with Gasteiger partial charge >= 0.3 is 16.3 Å². The highest BCUT2D eigenvalue weighted by Gasteiger charge is 2.23. The van der Waals surface area contributed by atoms with Crippen LogP contribution in [-0.4, -0.2) is 43.9 Å². The third kappa shape index (κ3) is 5.53. The minimum Gasteiger partial charge on any atom is -0.446 e. The van der Waals surface area contributed by atoms with Crippen molar-refractivity contribution in [2.75, 3.05) is 19.0 Å². The van der Waals surface area contributed by atoms with Crippen LogP contribution in [0.2, 0.25) is 0 Å². The number of ether oxygens (including phenoxy) is 1. The van der Waals surface area contributed by atoms with Gasteiger partial charge in [-0.2, -0.15) is 12.7 Å². The lowest BCUT2D eigenvalue weighted by Crippen LogP contribution is -2.44. The lowest BCUT2D eigenvalue weighted by Gasteiger charge is -2.19. The number of carbonyl (C=O) groups excluding carboxylic acids is 1. The summed E-state index contributed by atoms with van der Waals surface area (Å²) >= 11 is 5.45. The van der Waals surface area contributed by atoms with Crippen LogP contribution in [0.25, 0.3) is 0 Å². The second-order valence-electron chi connectivity index (χ2n) is 3.24. The number of nitrogens with zero attached hydrogens (tertiary/aromatic N) is 1. The van der Waals surface area contributed by atoms with Crippen molar-refractivity contribution in [3.05, 3.63) is 0 Å². The van der Waals surface area contributed by atoms with Gasteiger partial charge in [-0.3, -0.25) is 0 Å². The molecule has 0 rings (SSSR count). The zero-order chi connectivity index (χ0) is 12.8. The summed E-state index contributed by atoms with van der Waals surface area (Å²) in [6, 6.07) is 0. The van der Waals surface area contributed by atoms with Crippen LogP contribution in [0.5, 0.6) is 0 Å². The highest BCUT2D eigenvalue weighted by molar-refractivity contribution is 7.87. The Morgan fingerprint density at radius 3 is 2.44 bits per heavy atom. The minimum absolute atomic E-state index is 0.141. The molecule has 6 nitrogen and oxygen atoms in total. The van der Waals surface area contributed by atoms with E-state index in [1.165, 1.54) is 0 Å². The van der Waals surface area contributed by atoms with Crippen molar-refractivity contribution in [3.8, 4) is 0 Å². The Labute approximate surface area is 101 Å². The molecule has 0 aromatic heterocycles. The monoisotopic (exact) mass is 272 g/mol. The second kappa shape index (κ2) is 6.93. The molecule has 0 saturated heterocycles. The number of hydrogen-bond donors (Lipinski definition) is 1. The number of carbonyl (C=O) groups is 1. The number of rotatable bonds is 6. The van der Waals surface area contributed by atoms with Gasteiger partial charge in [0.15, 0.2) is 0 Å². The molecule has 0 heterocycles. The van der Waals surface area contributed by atoms with Crippen LogP contribution in [0.4, 0.5) is 4.79 Å². The number of hydrogen-bond acceptors (Lipinski definition) is 4. The topological polar surface area (TPSA) is 75.7 Å². The van der Waals surface area contributed by atoms with E-state index >= 15 is 0 Å². The molecule has 96 valence electrons. The fourth-order valence-corrected chi connectivity index (χ4v) is 2.31. The summed E-state index contributed by atoms with van der Waals surface area (Å²) in [7, 11) is -3.86. The van der Waals surface area contributed by atoms with E-state index in [0.717, 1.165) is 4.31 Å². The largest absolute Gasteiger partial charge is 0.446 e. The van der Waals surface area contributed by atoms with Crippen LogP contribution in [0.3, 0.4) is 0 Å². The zero-order valence-electron chi connectivity index (χ0n) is 9.57. The average molecular weight is 273 g/mol. The molecule has 1 amide bonds. The van der Waals surface area contributed by atoms with E-state index in [1.807, 2.05) is 0 Å². The van der Waals surface area contributed by atoms with Gasteiger partial charge in [0.1, 0.15) is 0 Å². The van der Waals surface area contributed by atoms with Crippen LogP contribution in [0, 0.1) is 0 Å². The molecule has 0 aromatic carbocycles. The number of alkyl halides is 1. The molecule has 0 aliphatic rings. The van der Waals surface area contributed by atoms with Crippen molar-refractivity contribution in [2.45, 2.75) is 26.9 Å². The third-order valence-corrected chi connectivity index (χ3v) is 3.30. The molecular formula is C8H17ClN2O4S. The highest BCUT2D eigenvalue weighted by atomic mass is 35.5. The number of halogens is 1. The van der Waals surface area contributed by atoms with Crippen LogP contribution in [0.1, 0.15) is 20.8 Å². The number of amides is 1. The Balaban J connectivity index is 4.48. The maximum absolute atomic E-state index is 11.6. The maximum Gasteiger partial charge on any atom is 0.422 e. The SMILES string of the molecule is CCN(CCCl)S(=O)(=O)NC(=O)OC(C)C. The fourth-order valence-electron chi connectivity index (χ4n) is 0.951. The molecule has 0 aromatic rings. The normalized spacial score (nSPS) is 11.9. The minimum atomic E-state index is -3.86. The summed E-state index contributed by atoms with van der Waals surface area (Å²) < 4.78 is 30.7. The van der Waals surface area contributed by atoms with E-state index in [9.17, 15) is 13.2 Å². The van der Waals surface area contributed by atoms with Gasteiger partial charge in [0.2, 0.25) is 0 Å². The summed E-state index contributed by atoms with van der Waals surface area (Å²) in [4.78, 5) is 11.1. The first-order valence-corrected chi connectivity index (χ1v) is 6.85. The van der Waals surface area contributed by atoms with E-state index in [0.29, 0.717) is 0 Å². The fraction of sp³-hybridized carbons (Fsp3) is 0.875. The summed E-state index contributed by atoms with van der Waals surface area (Å²) in [6.45, 7) is 5.28. The maximum atomic E-state index is 11.6. The lowest BCUT2D eigenvalue weighted by molar-refractivity contribution is 0.121. The van der Waals surface area contributed by atoms with Crippen LogP contribution in [-0.2, 0) is 14.9 Å². The molecule has 0 aliphatic heterocycles. The van der Waals surface area contributed by atoms with E-state index in [1.54, 1.807) is 25.5 Å². The Hall–Kier alpha value is -0.530. The van der Waals surface area contributed by atoms with Crippen molar-refractivity contribution in [1.82, 2.24) is 9.03 Å². The Morgan fingerprint density at radius 1 is 1.50 bits per heavy atom. The molecule has 0 aliphatic carbocycles. The molecule has 0 unspecified atom stereocenters. The Bertz CT molecular complexity index is 318. The molecule has 1 N–H and O–H groups in total. The highest BCUT2D eigenvalue weighted by Crippen LogP contribution is 1.99. The molecular weight excluding hydrogens is 256 g/mol. The predicted molar refractivity (Wildman–Crippen MR) is 61.6 cm³/mol. The van der Waals surface area contributed by atoms with E-state index < -0.39 is 16.3 Å². The van der Waals surface area contributed by atoms with Gasteiger partial charge in [0, 0.05) is 19.0 Å². The summed E-state index contributed by atoms with van der Waals surface area (Å²) in [5.74, 6) is 0.161. The van der Waals surface area contributed by atoms with Crippen LogP contribution >= 0.6 is 11.6 Å². The molecule has 8 heteroatoms. The van der Waals surface area contributed by atoms with Gasteiger partial charge < -0.3 is 4.74 Å². The molecule has 0 atom stereocenters. The lowest BCUT2D eigenvalue weighted by atomic mass is 10.5. The van der Waals surface area contributed by atoms with Gasteiger partial charge in [-0.05, 0) is 13.8 Å². The molecule has 0 bridgehead atoms. The molecule has 0 spiro atoms. The van der Waals surface area contributed by atoms with Gasteiger partial charge in [0.25, 0.3) is 0 Å².